The van der Waals surface area contributed by atoms with E-state index in [1.807, 2.05) is 6.07 Å². The molecule has 0 aliphatic heterocycles. The van der Waals surface area contributed by atoms with Crippen molar-refractivity contribution in [3.63, 3.8) is 0 Å². The average Bonchev–Trinajstić information content (AvgIpc) is 2.47. The number of rotatable bonds is 4. The van der Waals surface area contributed by atoms with Crippen molar-refractivity contribution in [3.8, 4) is 11.8 Å². The molecule has 0 aromatic heterocycles. The maximum atomic E-state index is 13.8. The van der Waals surface area contributed by atoms with Crippen molar-refractivity contribution >= 4 is 5.69 Å². The van der Waals surface area contributed by atoms with Gasteiger partial charge in [0.15, 0.2) is 0 Å². The maximum Gasteiger partial charge on any atom is 0.143 e. The first-order valence-corrected chi connectivity index (χ1v) is 6.36. The van der Waals surface area contributed by atoms with Gasteiger partial charge in [0.2, 0.25) is 0 Å². The Bertz CT molecular complexity index is 675. The molecular weight excluding hydrogens is 274 g/mol. The highest BCUT2D eigenvalue weighted by molar-refractivity contribution is 5.67. The van der Waals surface area contributed by atoms with E-state index in [9.17, 15) is 8.78 Å². The van der Waals surface area contributed by atoms with Crippen molar-refractivity contribution in [1.82, 2.24) is 0 Å². The predicted octanol–water partition coefficient (Wildman–Crippen LogP) is 4.02. The Hall–Kier alpha value is -2.61. The summed E-state index contributed by atoms with van der Waals surface area (Å²) in [6, 6.07) is 10.0. The van der Waals surface area contributed by atoms with E-state index in [-0.39, 0.29) is 5.56 Å². The second kappa shape index (κ2) is 6.23. The molecule has 0 amide bonds. The number of hydrogen-bond acceptors (Lipinski definition) is 3. The van der Waals surface area contributed by atoms with E-state index in [0.717, 1.165) is 0 Å². The number of halogens is 2. The van der Waals surface area contributed by atoms with Crippen LogP contribution < -0.4 is 10.1 Å². The standard InChI is InChI=1S/C16H14F2N2O/c1-10(15-12(17)6-4-7-13(15)18)20-16-11(9-19)5-3-8-14(16)21-2/h3-8,10,20H,1-2H3. The van der Waals surface area contributed by atoms with Gasteiger partial charge in [0.25, 0.3) is 0 Å². The summed E-state index contributed by atoms with van der Waals surface area (Å²) in [7, 11) is 1.47. The number of nitrogens with one attached hydrogen (secondary N) is 1. The summed E-state index contributed by atoms with van der Waals surface area (Å²) in [6.45, 7) is 1.62. The van der Waals surface area contributed by atoms with Crippen LogP contribution in [0.4, 0.5) is 14.5 Å². The summed E-state index contributed by atoms with van der Waals surface area (Å²) in [5, 5.41) is 12.1. The molecule has 108 valence electrons. The summed E-state index contributed by atoms with van der Waals surface area (Å²) in [5.74, 6) is -0.829. The van der Waals surface area contributed by atoms with Gasteiger partial charge in [-0.1, -0.05) is 12.1 Å². The van der Waals surface area contributed by atoms with Gasteiger partial charge in [-0.2, -0.15) is 5.26 Å². The Labute approximate surface area is 121 Å². The van der Waals surface area contributed by atoms with Gasteiger partial charge in [-0.15, -0.1) is 0 Å². The molecule has 0 radical (unpaired) electrons. The van der Waals surface area contributed by atoms with E-state index < -0.39 is 17.7 Å². The van der Waals surface area contributed by atoms with Crippen molar-refractivity contribution < 1.29 is 13.5 Å². The second-order valence-electron chi connectivity index (χ2n) is 4.50. The third kappa shape index (κ3) is 2.95. The zero-order valence-corrected chi connectivity index (χ0v) is 11.7. The van der Waals surface area contributed by atoms with Crippen LogP contribution in [-0.4, -0.2) is 7.11 Å². The molecule has 2 rings (SSSR count). The molecule has 0 aliphatic carbocycles. The molecule has 0 saturated carbocycles. The van der Waals surface area contributed by atoms with Crippen molar-refractivity contribution in [3.05, 3.63) is 59.2 Å². The van der Waals surface area contributed by atoms with Gasteiger partial charge in [0.1, 0.15) is 23.5 Å². The van der Waals surface area contributed by atoms with Gasteiger partial charge in [0, 0.05) is 5.56 Å². The first-order valence-electron chi connectivity index (χ1n) is 6.36. The number of benzene rings is 2. The highest BCUT2D eigenvalue weighted by atomic mass is 19.1. The topological polar surface area (TPSA) is 45.0 Å². The lowest BCUT2D eigenvalue weighted by Crippen LogP contribution is -2.12. The Morgan fingerprint density at radius 2 is 1.76 bits per heavy atom. The van der Waals surface area contributed by atoms with E-state index >= 15 is 0 Å². The van der Waals surface area contributed by atoms with Gasteiger partial charge < -0.3 is 10.1 Å². The molecule has 5 heteroatoms. The minimum Gasteiger partial charge on any atom is -0.495 e. The summed E-state index contributed by atoms with van der Waals surface area (Å²) in [6.07, 6.45) is 0. The molecule has 0 saturated heterocycles. The van der Waals surface area contributed by atoms with E-state index in [4.69, 9.17) is 10.00 Å². The minimum atomic E-state index is -0.658. The van der Waals surface area contributed by atoms with E-state index in [1.54, 1.807) is 25.1 Å². The van der Waals surface area contributed by atoms with Crippen LogP contribution >= 0.6 is 0 Å². The lowest BCUT2D eigenvalue weighted by molar-refractivity contribution is 0.415. The fourth-order valence-electron chi connectivity index (χ4n) is 2.16. The fraction of sp³-hybridized carbons (Fsp3) is 0.188. The van der Waals surface area contributed by atoms with Crippen molar-refractivity contribution in [2.75, 3.05) is 12.4 Å². The predicted molar refractivity (Wildman–Crippen MR) is 76.1 cm³/mol. The summed E-state index contributed by atoms with van der Waals surface area (Å²) in [4.78, 5) is 0. The second-order valence-corrected chi connectivity index (χ2v) is 4.50. The van der Waals surface area contributed by atoms with E-state index in [2.05, 4.69) is 5.32 Å². The molecular formula is C16H14F2N2O. The van der Waals surface area contributed by atoms with Crippen LogP contribution in [-0.2, 0) is 0 Å². The largest absolute Gasteiger partial charge is 0.495 e. The van der Waals surface area contributed by atoms with Gasteiger partial charge in [-0.25, -0.2) is 8.78 Å². The molecule has 0 fully saturated rings. The molecule has 1 N–H and O–H groups in total. The monoisotopic (exact) mass is 288 g/mol. The maximum absolute atomic E-state index is 13.8. The number of anilines is 1. The van der Waals surface area contributed by atoms with Crippen LogP contribution in [0.5, 0.6) is 5.75 Å². The third-order valence-electron chi connectivity index (χ3n) is 3.16. The van der Waals surface area contributed by atoms with Crippen LogP contribution in [0.15, 0.2) is 36.4 Å². The zero-order valence-electron chi connectivity index (χ0n) is 11.7. The number of para-hydroxylation sites is 1. The Morgan fingerprint density at radius 3 is 2.33 bits per heavy atom. The summed E-state index contributed by atoms with van der Waals surface area (Å²) < 4.78 is 32.8. The van der Waals surface area contributed by atoms with Gasteiger partial charge in [0.05, 0.1) is 24.4 Å². The first kappa shape index (κ1) is 14.8. The molecule has 0 aliphatic rings. The Morgan fingerprint density at radius 1 is 1.14 bits per heavy atom. The number of nitriles is 1. The molecule has 21 heavy (non-hydrogen) atoms. The number of methoxy groups -OCH3 is 1. The van der Waals surface area contributed by atoms with Crippen molar-refractivity contribution in [1.29, 1.82) is 5.26 Å². The van der Waals surface area contributed by atoms with Crippen molar-refractivity contribution in [2.45, 2.75) is 13.0 Å². The quantitative estimate of drug-likeness (QED) is 0.924. The van der Waals surface area contributed by atoms with E-state index in [1.165, 1.54) is 25.3 Å². The SMILES string of the molecule is COc1cccc(C#N)c1NC(C)c1c(F)cccc1F. The molecule has 0 heterocycles. The zero-order chi connectivity index (χ0) is 15.4. The summed E-state index contributed by atoms with van der Waals surface area (Å²) >= 11 is 0. The van der Waals surface area contributed by atoms with Crippen LogP contribution in [0, 0.1) is 23.0 Å². The smallest absolute Gasteiger partial charge is 0.143 e. The fourth-order valence-corrected chi connectivity index (χ4v) is 2.16. The number of nitrogens with zero attached hydrogens (tertiary/aromatic N) is 1. The molecule has 0 spiro atoms. The van der Waals surface area contributed by atoms with Gasteiger partial charge >= 0.3 is 0 Å². The first-order chi connectivity index (χ1) is 10.1. The molecule has 2 aromatic rings. The summed E-state index contributed by atoms with van der Waals surface area (Å²) in [5.41, 5.74) is 0.683. The number of ether oxygens (including phenoxy) is 1. The molecule has 1 unspecified atom stereocenters. The van der Waals surface area contributed by atoms with Crippen LogP contribution in [0.3, 0.4) is 0 Å². The Kier molecular flexibility index (Phi) is 4.39. The molecule has 1 atom stereocenters. The van der Waals surface area contributed by atoms with Gasteiger partial charge in [-0.05, 0) is 31.2 Å². The highest BCUT2D eigenvalue weighted by Crippen LogP contribution is 2.32. The van der Waals surface area contributed by atoms with Crippen LogP contribution in [0.1, 0.15) is 24.1 Å². The molecule has 0 bridgehead atoms. The Balaban J connectivity index is 2.41. The lowest BCUT2D eigenvalue weighted by Gasteiger charge is -2.19. The minimum absolute atomic E-state index is 0.0766. The van der Waals surface area contributed by atoms with Gasteiger partial charge in [-0.3, -0.25) is 0 Å². The van der Waals surface area contributed by atoms with Crippen LogP contribution in [0.2, 0.25) is 0 Å². The normalized spacial score (nSPS) is 11.6. The average molecular weight is 288 g/mol. The van der Waals surface area contributed by atoms with Crippen LogP contribution in [0.25, 0.3) is 0 Å². The molecule has 2 aromatic carbocycles. The van der Waals surface area contributed by atoms with Crippen molar-refractivity contribution in [2.24, 2.45) is 0 Å². The van der Waals surface area contributed by atoms with E-state index in [0.29, 0.717) is 17.0 Å². The number of hydrogen-bond donors (Lipinski definition) is 1. The lowest BCUT2D eigenvalue weighted by atomic mass is 10.1. The third-order valence-corrected chi connectivity index (χ3v) is 3.16. The highest BCUT2D eigenvalue weighted by Gasteiger charge is 2.18. The molecule has 3 nitrogen and oxygen atoms in total.